The summed E-state index contributed by atoms with van der Waals surface area (Å²) in [4.78, 5) is 12.3. The van der Waals surface area contributed by atoms with E-state index in [0.29, 0.717) is 30.5 Å². The summed E-state index contributed by atoms with van der Waals surface area (Å²) in [6.07, 6.45) is 2.15. The number of para-hydroxylation sites is 1. The fourth-order valence-electron chi connectivity index (χ4n) is 2.95. The molecule has 0 spiro atoms. The molecule has 3 aromatic rings. The van der Waals surface area contributed by atoms with Crippen LogP contribution in [0.3, 0.4) is 0 Å². The van der Waals surface area contributed by atoms with Crippen molar-refractivity contribution in [3.05, 3.63) is 60.5 Å². The number of carbonyl (C=O) groups is 1. The number of methoxy groups -OCH3 is 1. The molecule has 148 valence electrons. The Balaban J connectivity index is 1.92. The summed E-state index contributed by atoms with van der Waals surface area (Å²) < 4.78 is 45.8. The molecule has 0 aliphatic heterocycles. The minimum atomic E-state index is -3.86. The highest BCUT2D eigenvalue weighted by atomic mass is 32.2. The Morgan fingerprint density at radius 2 is 1.86 bits per heavy atom. The van der Waals surface area contributed by atoms with Gasteiger partial charge in [-0.25, -0.2) is 12.8 Å². The molecule has 0 aliphatic rings. The van der Waals surface area contributed by atoms with Gasteiger partial charge >= 0.3 is 0 Å². The van der Waals surface area contributed by atoms with Gasteiger partial charge in [0.25, 0.3) is 0 Å². The summed E-state index contributed by atoms with van der Waals surface area (Å²) in [5, 5.41) is 3.30. The van der Waals surface area contributed by atoms with Crippen LogP contribution in [-0.2, 0) is 25.9 Å². The van der Waals surface area contributed by atoms with E-state index in [9.17, 15) is 17.6 Å². The van der Waals surface area contributed by atoms with Crippen LogP contribution >= 0.6 is 0 Å². The first-order valence-corrected chi connectivity index (χ1v) is 10.3. The lowest BCUT2D eigenvalue weighted by atomic mass is 10.2. The van der Waals surface area contributed by atoms with Gasteiger partial charge < -0.3 is 14.6 Å². The topological polar surface area (TPSA) is 77.4 Å². The van der Waals surface area contributed by atoms with E-state index in [-0.39, 0.29) is 22.2 Å². The van der Waals surface area contributed by atoms with E-state index in [1.165, 1.54) is 18.3 Å². The Morgan fingerprint density at radius 3 is 2.57 bits per heavy atom. The third-order valence-electron chi connectivity index (χ3n) is 4.33. The van der Waals surface area contributed by atoms with Crippen LogP contribution in [0.5, 0.6) is 0 Å². The Morgan fingerprint density at radius 1 is 1.14 bits per heavy atom. The number of rotatable bonds is 8. The molecule has 0 saturated heterocycles. The highest BCUT2D eigenvalue weighted by Gasteiger charge is 2.23. The minimum Gasteiger partial charge on any atom is -0.385 e. The average molecular weight is 404 g/mol. The standard InChI is InChI=1S/C20H21FN2O4S/c1-27-12-4-11-22-20(24)14-23-13-19(17-5-2-3-6-18(17)23)28(25,26)16-9-7-15(21)8-10-16/h2-3,5-10,13H,4,11-12,14H2,1H3,(H,22,24). The van der Waals surface area contributed by atoms with Gasteiger partial charge in [-0.05, 0) is 36.8 Å². The SMILES string of the molecule is COCCCNC(=O)Cn1cc(S(=O)(=O)c2ccc(F)cc2)c2ccccc21. The maximum Gasteiger partial charge on any atom is 0.239 e. The third kappa shape index (κ3) is 4.23. The summed E-state index contributed by atoms with van der Waals surface area (Å²) >= 11 is 0. The Kier molecular flexibility index (Phi) is 6.11. The van der Waals surface area contributed by atoms with Crippen LogP contribution < -0.4 is 5.32 Å². The Labute approximate surface area is 162 Å². The molecule has 0 unspecified atom stereocenters. The highest BCUT2D eigenvalue weighted by molar-refractivity contribution is 7.91. The van der Waals surface area contributed by atoms with Crippen molar-refractivity contribution < 1.29 is 22.3 Å². The normalized spacial score (nSPS) is 11.6. The number of fused-ring (bicyclic) bond motifs is 1. The molecule has 1 N–H and O–H groups in total. The Hall–Kier alpha value is -2.71. The zero-order chi connectivity index (χ0) is 20.1. The maximum atomic E-state index is 13.2. The number of ether oxygens (including phenoxy) is 1. The number of amides is 1. The molecular formula is C20H21FN2O4S. The van der Waals surface area contributed by atoms with Crippen molar-refractivity contribution in [3.8, 4) is 0 Å². The summed E-state index contributed by atoms with van der Waals surface area (Å²) in [6, 6.07) is 11.7. The maximum absolute atomic E-state index is 13.2. The lowest BCUT2D eigenvalue weighted by molar-refractivity contribution is -0.121. The van der Waals surface area contributed by atoms with E-state index in [2.05, 4.69) is 5.32 Å². The lowest BCUT2D eigenvalue weighted by Crippen LogP contribution is -2.28. The van der Waals surface area contributed by atoms with Crippen LogP contribution in [0, 0.1) is 5.82 Å². The number of nitrogens with zero attached hydrogens (tertiary/aromatic N) is 1. The monoisotopic (exact) mass is 404 g/mol. The summed E-state index contributed by atoms with van der Waals surface area (Å²) in [5.74, 6) is -0.728. The quantitative estimate of drug-likeness (QED) is 0.463. The number of hydrogen-bond acceptors (Lipinski definition) is 4. The second-order valence-electron chi connectivity index (χ2n) is 6.29. The van der Waals surface area contributed by atoms with Crippen LogP contribution in [0.15, 0.2) is 64.5 Å². The zero-order valence-corrected chi connectivity index (χ0v) is 16.2. The molecule has 1 aromatic heterocycles. The fraction of sp³-hybridized carbons (Fsp3) is 0.250. The van der Waals surface area contributed by atoms with Crippen molar-refractivity contribution in [2.75, 3.05) is 20.3 Å². The van der Waals surface area contributed by atoms with Crippen LogP contribution in [-0.4, -0.2) is 39.2 Å². The lowest BCUT2D eigenvalue weighted by Gasteiger charge is -2.07. The van der Waals surface area contributed by atoms with Crippen LogP contribution in [0.25, 0.3) is 10.9 Å². The number of hydrogen-bond donors (Lipinski definition) is 1. The van der Waals surface area contributed by atoms with E-state index in [1.54, 1.807) is 35.9 Å². The van der Waals surface area contributed by atoms with Gasteiger partial charge in [0.15, 0.2) is 0 Å². The molecule has 0 fully saturated rings. The average Bonchev–Trinajstić information content (AvgIpc) is 3.05. The molecule has 1 heterocycles. The highest BCUT2D eigenvalue weighted by Crippen LogP contribution is 2.30. The fourth-order valence-corrected chi connectivity index (χ4v) is 4.43. The first-order chi connectivity index (χ1) is 13.4. The molecule has 0 radical (unpaired) electrons. The van der Waals surface area contributed by atoms with Gasteiger partial charge in [-0.3, -0.25) is 4.79 Å². The molecule has 3 rings (SSSR count). The van der Waals surface area contributed by atoms with Crippen LogP contribution in [0.4, 0.5) is 4.39 Å². The van der Waals surface area contributed by atoms with Gasteiger partial charge in [0.1, 0.15) is 12.4 Å². The van der Waals surface area contributed by atoms with Crippen LogP contribution in [0.2, 0.25) is 0 Å². The minimum absolute atomic E-state index is 0.000759. The third-order valence-corrected chi connectivity index (χ3v) is 6.12. The molecule has 0 atom stereocenters. The molecule has 28 heavy (non-hydrogen) atoms. The van der Waals surface area contributed by atoms with Crippen LogP contribution in [0.1, 0.15) is 6.42 Å². The van der Waals surface area contributed by atoms with E-state index >= 15 is 0 Å². The zero-order valence-electron chi connectivity index (χ0n) is 15.4. The van der Waals surface area contributed by atoms with Crippen molar-refractivity contribution in [2.24, 2.45) is 0 Å². The van der Waals surface area contributed by atoms with Gasteiger partial charge in [0, 0.05) is 37.4 Å². The van der Waals surface area contributed by atoms with E-state index in [4.69, 9.17) is 4.74 Å². The van der Waals surface area contributed by atoms with Crippen molar-refractivity contribution in [2.45, 2.75) is 22.8 Å². The number of halogens is 1. The predicted octanol–water partition coefficient (Wildman–Crippen LogP) is 2.77. The largest absolute Gasteiger partial charge is 0.385 e. The second-order valence-corrected chi connectivity index (χ2v) is 8.21. The Bertz CT molecular complexity index is 1080. The van der Waals surface area contributed by atoms with Crippen molar-refractivity contribution in [1.29, 1.82) is 0 Å². The van der Waals surface area contributed by atoms with Gasteiger partial charge in [-0.2, -0.15) is 0 Å². The van der Waals surface area contributed by atoms with Gasteiger partial charge in [0.05, 0.1) is 9.79 Å². The molecule has 0 bridgehead atoms. The van der Waals surface area contributed by atoms with Gasteiger partial charge in [-0.1, -0.05) is 18.2 Å². The molecule has 8 heteroatoms. The first kappa shape index (κ1) is 20.0. The molecule has 0 saturated carbocycles. The van der Waals surface area contributed by atoms with E-state index < -0.39 is 15.7 Å². The molecule has 6 nitrogen and oxygen atoms in total. The van der Waals surface area contributed by atoms with Crippen molar-refractivity contribution in [3.63, 3.8) is 0 Å². The van der Waals surface area contributed by atoms with E-state index in [1.807, 2.05) is 0 Å². The smallest absolute Gasteiger partial charge is 0.239 e. The van der Waals surface area contributed by atoms with Crippen molar-refractivity contribution in [1.82, 2.24) is 9.88 Å². The second kappa shape index (κ2) is 8.53. The van der Waals surface area contributed by atoms with Gasteiger partial charge in [-0.15, -0.1) is 0 Å². The number of aromatic nitrogens is 1. The van der Waals surface area contributed by atoms with Gasteiger partial charge in [0.2, 0.25) is 15.7 Å². The van der Waals surface area contributed by atoms with E-state index in [0.717, 1.165) is 12.1 Å². The molecular weight excluding hydrogens is 383 g/mol. The summed E-state index contributed by atoms with van der Waals surface area (Å²) in [7, 11) is -2.26. The summed E-state index contributed by atoms with van der Waals surface area (Å²) in [5.41, 5.74) is 0.634. The predicted molar refractivity (Wildman–Crippen MR) is 103 cm³/mol. The molecule has 1 amide bonds. The first-order valence-electron chi connectivity index (χ1n) is 8.77. The molecule has 2 aromatic carbocycles. The molecule has 0 aliphatic carbocycles. The number of carbonyl (C=O) groups excluding carboxylic acids is 1. The number of benzene rings is 2. The van der Waals surface area contributed by atoms with Crippen molar-refractivity contribution >= 4 is 26.6 Å². The summed E-state index contributed by atoms with van der Waals surface area (Å²) in [6.45, 7) is 1.02. The number of nitrogens with one attached hydrogen (secondary N) is 1. The number of sulfone groups is 1.